The molecule has 0 aromatic carbocycles. The van der Waals surface area contributed by atoms with Crippen LogP contribution in [0.3, 0.4) is 0 Å². The van der Waals surface area contributed by atoms with E-state index in [0.29, 0.717) is 6.04 Å². The molecule has 0 aliphatic heterocycles. The highest BCUT2D eigenvalue weighted by atomic mass is 32.2. The SMILES string of the molecule is O=Cc1cc(Sc2nnnn2C2CCCC2)cs1. The van der Waals surface area contributed by atoms with Crippen LogP contribution in [0.25, 0.3) is 0 Å². The van der Waals surface area contributed by atoms with Crippen molar-refractivity contribution in [3.63, 3.8) is 0 Å². The molecule has 94 valence electrons. The van der Waals surface area contributed by atoms with Gasteiger partial charge in [-0.05, 0) is 41.1 Å². The Labute approximate surface area is 113 Å². The average Bonchev–Trinajstić information content (AvgIpc) is 3.09. The van der Waals surface area contributed by atoms with E-state index in [9.17, 15) is 4.79 Å². The summed E-state index contributed by atoms with van der Waals surface area (Å²) in [6.07, 6.45) is 5.68. The molecule has 0 saturated heterocycles. The summed E-state index contributed by atoms with van der Waals surface area (Å²) < 4.78 is 1.93. The molecule has 0 N–H and O–H groups in total. The van der Waals surface area contributed by atoms with Crippen LogP contribution in [-0.4, -0.2) is 26.5 Å². The lowest BCUT2D eigenvalue weighted by Gasteiger charge is -2.09. The second-order valence-corrected chi connectivity index (χ2v) is 6.23. The van der Waals surface area contributed by atoms with Gasteiger partial charge in [0.25, 0.3) is 0 Å². The van der Waals surface area contributed by atoms with Gasteiger partial charge in [-0.1, -0.05) is 12.8 Å². The van der Waals surface area contributed by atoms with Gasteiger partial charge in [-0.3, -0.25) is 4.79 Å². The Morgan fingerprint density at radius 2 is 2.28 bits per heavy atom. The highest BCUT2D eigenvalue weighted by molar-refractivity contribution is 7.99. The lowest BCUT2D eigenvalue weighted by Crippen LogP contribution is -2.08. The van der Waals surface area contributed by atoms with Crippen LogP contribution < -0.4 is 0 Å². The highest BCUT2D eigenvalue weighted by Gasteiger charge is 2.22. The quantitative estimate of drug-likeness (QED) is 0.806. The maximum Gasteiger partial charge on any atom is 0.214 e. The smallest absolute Gasteiger partial charge is 0.214 e. The van der Waals surface area contributed by atoms with Gasteiger partial charge in [-0.15, -0.1) is 16.4 Å². The molecular formula is C11H12N4OS2. The van der Waals surface area contributed by atoms with Crippen molar-refractivity contribution in [2.45, 2.75) is 41.8 Å². The minimum Gasteiger partial charge on any atom is -0.297 e. The topological polar surface area (TPSA) is 60.7 Å². The minimum absolute atomic E-state index is 0.437. The number of hydrogen-bond donors (Lipinski definition) is 0. The third-order valence-corrected chi connectivity index (χ3v) is 4.98. The molecule has 2 aromatic heterocycles. The zero-order valence-electron chi connectivity index (χ0n) is 9.65. The number of rotatable bonds is 4. The van der Waals surface area contributed by atoms with Gasteiger partial charge in [0.05, 0.1) is 10.9 Å². The summed E-state index contributed by atoms with van der Waals surface area (Å²) in [6, 6.07) is 2.31. The van der Waals surface area contributed by atoms with Gasteiger partial charge in [-0.2, -0.15) is 0 Å². The third-order valence-electron chi connectivity index (χ3n) is 3.05. The number of carbonyl (C=O) groups excluding carboxylic acids is 1. The predicted octanol–water partition coefficient (Wildman–Crippen LogP) is 2.81. The second kappa shape index (κ2) is 5.19. The molecule has 0 spiro atoms. The molecule has 2 heterocycles. The van der Waals surface area contributed by atoms with E-state index in [1.165, 1.54) is 35.9 Å². The van der Waals surface area contributed by atoms with Gasteiger partial charge in [0, 0.05) is 10.3 Å². The molecule has 7 heteroatoms. The maximum atomic E-state index is 10.7. The first-order valence-electron chi connectivity index (χ1n) is 5.86. The second-order valence-electron chi connectivity index (χ2n) is 4.25. The van der Waals surface area contributed by atoms with Crippen molar-refractivity contribution in [1.29, 1.82) is 0 Å². The summed E-state index contributed by atoms with van der Waals surface area (Å²) in [6.45, 7) is 0. The molecule has 0 amide bonds. The molecule has 1 saturated carbocycles. The van der Waals surface area contributed by atoms with Crippen LogP contribution in [0.5, 0.6) is 0 Å². The number of nitrogens with zero attached hydrogens (tertiary/aromatic N) is 4. The Hall–Kier alpha value is -1.21. The summed E-state index contributed by atoms with van der Waals surface area (Å²) in [5.74, 6) is 0. The molecule has 18 heavy (non-hydrogen) atoms. The van der Waals surface area contributed by atoms with Crippen molar-refractivity contribution in [2.24, 2.45) is 0 Å². The minimum atomic E-state index is 0.437. The number of thiophene rings is 1. The van der Waals surface area contributed by atoms with E-state index in [1.807, 2.05) is 16.1 Å². The Morgan fingerprint density at radius 1 is 1.44 bits per heavy atom. The summed E-state index contributed by atoms with van der Waals surface area (Å²) in [5.41, 5.74) is 0. The van der Waals surface area contributed by atoms with Crippen LogP contribution in [-0.2, 0) is 0 Å². The number of aldehydes is 1. The van der Waals surface area contributed by atoms with Crippen LogP contribution in [0.1, 0.15) is 41.4 Å². The zero-order valence-corrected chi connectivity index (χ0v) is 11.3. The monoisotopic (exact) mass is 280 g/mol. The molecule has 0 unspecified atom stereocenters. The first kappa shape index (κ1) is 11.9. The van der Waals surface area contributed by atoms with Gasteiger partial charge >= 0.3 is 0 Å². The first-order chi connectivity index (χ1) is 8.86. The molecule has 5 nitrogen and oxygen atoms in total. The Morgan fingerprint density at radius 3 is 3.00 bits per heavy atom. The molecule has 0 bridgehead atoms. The van der Waals surface area contributed by atoms with Crippen LogP contribution in [0.15, 0.2) is 21.5 Å². The number of aromatic nitrogens is 4. The normalized spacial score (nSPS) is 16.2. The lowest BCUT2D eigenvalue weighted by atomic mass is 10.3. The van der Waals surface area contributed by atoms with Crippen molar-refractivity contribution >= 4 is 29.4 Å². The molecule has 2 aromatic rings. The third kappa shape index (κ3) is 2.32. The lowest BCUT2D eigenvalue weighted by molar-refractivity contribution is 0.112. The number of hydrogen-bond acceptors (Lipinski definition) is 6. The van der Waals surface area contributed by atoms with E-state index < -0.39 is 0 Å². The van der Waals surface area contributed by atoms with Crippen molar-refractivity contribution in [2.75, 3.05) is 0 Å². The summed E-state index contributed by atoms with van der Waals surface area (Å²) in [5, 5.41) is 14.7. The Kier molecular flexibility index (Phi) is 3.42. The van der Waals surface area contributed by atoms with Gasteiger partial charge in [0.15, 0.2) is 6.29 Å². The summed E-state index contributed by atoms with van der Waals surface area (Å²) in [7, 11) is 0. The van der Waals surface area contributed by atoms with E-state index in [-0.39, 0.29) is 0 Å². The fraction of sp³-hybridized carbons (Fsp3) is 0.455. The molecule has 0 radical (unpaired) electrons. The largest absolute Gasteiger partial charge is 0.297 e. The van der Waals surface area contributed by atoms with Crippen LogP contribution in [0.4, 0.5) is 0 Å². The van der Waals surface area contributed by atoms with E-state index >= 15 is 0 Å². The number of tetrazole rings is 1. The highest BCUT2D eigenvalue weighted by Crippen LogP contribution is 2.34. The molecule has 1 fully saturated rings. The summed E-state index contributed by atoms with van der Waals surface area (Å²) in [4.78, 5) is 12.4. The van der Waals surface area contributed by atoms with Crippen LogP contribution in [0, 0.1) is 0 Å². The van der Waals surface area contributed by atoms with Crippen molar-refractivity contribution in [3.05, 3.63) is 16.3 Å². The fourth-order valence-corrected chi connectivity index (χ4v) is 3.92. The molecule has 0 atom stereocenters. The zero-order chi connectivity index (χ0) is 12.4. The Bertz CT molecular complexity index is 545. The predicted molar refractivity (Wildman–Crippen MR) is 69.2 cm³/mol. The van der Waals surface area contributed by atoms with E-state index in [4.69, 9.17) is 0 Å². The van der Waals surface area contributed by atoms with Crippen molar-refractivity contribution < 1.29 is 4.79 Å². The van der Waals surface area contributed by atoms with Crippen LogP contribution in [0.2, 0.25) is 0 Å². The Balaban J connectivity index is 1.79. The van der Waals surface area contributed by atoms with Gasteiger partial charge in [0.1, 0.15) is 0 Å². The molecule has 1 aliphatic rings. The maximum absolute atomic E-state index is 10.7. The van der Waals surface area contributed by atoms with Crippen LogP contribution >= 0.6 is 23.1 Å². The molecular weight excluding hydrogens is 268 g/mol. The molecule has 3 rings (SSSR count). The summed E-state index contributed by atoms with van der Waals surface area (Å²) >= 11 is 2.97. The average molecular weight is 280 g/mol. The van der Waals surface area contributed by atoms with Gasteiger partial charge < -0.3 is 0 Å². The van der Waals surface area contributed by atoms with E-state index in [1.54, 1.807) is 0 Å². The molecule has 1 aliphatic carbocycles. The number of carbonyl (C=O) groups is 1. The standard InChI is InChI=1S/C11H12N4OS2/c16-6-9-5-10(7-17-9)18-11-12-13-14-15(11)8-3-1-2-4-8/h5-8H,1-4H2. The van der Waals surface area contributed by atoms with E-state index in [2.05, 4.69) is 15.5 Å². The first-order valence-corrected chi connectivity index (χ1v) is 7.56. The van der Waals surface area contributed by atoms with Crippen molar-refractivity contribution in [3.8, 4) is 0 Å². The van der Waals surface area contributed by atoms with Crippen molar-refractivity contribution in [1.82, 2.24) is 20.2 Å². The fourth-order valence-electron chi connectivity index (χ4n) is 2.19. The van der Waals surface area contributed by atoms with Gasteiger partial charge in [0.2, 0.25) is 5.16 Å². The van der Waals surface area contributed by atoms with Gasteiger partial charge in [-0.25, -0.2) is 4.68 Å². The van der Waals surface area contributed by atoms with E-state index in [0.717, 1.165) is 34.1 Å².